The second kappa shape index (κ2) is 11.6. The maximum Gasteiger partial charge on any atom is 0.219 e. The molecule has 11 heteroatoms. The van der Waals surface area contributed by atoms with Crippen LogP contribution in [0, 0.1) is 6.92 Å². The van der Waals surface area contributed by atoms with Crippen molar-refractivity contribution < 1.29 is 13.2 Å². The number of amides is 1. The van der Waals surface area contributed by atoms with Gasteiger partial charge in [-0.25, -0.2) is 13.1 Å². The molecule has 5 rings (SSSR count). The molecule has 1 amide bonds. The molecule has 1 saturated heterocycles. The Kier molecular flexibility index (Phi) is 8.33. The quantitative estimate of drug-likeness (QED) is 0.507. The number of nitrogens with one attached hydrogen (secondary N) is 1. The van der Waals surface area contributed by atoms with Gasteiger partial charge in [-0.1, -0.05) is 41.9 Å². The smallest absolute Gasteiger partial charge is 0.219 e. The monoisotopic (exact) mass is 584 g/mol. The molecule has 2 aromatic carbocycles. The van der Waals surface area contributed by atoms with Crippen LogP contribution in [0.3, 0.4) is 0 Å². The maximum absolute atomic E-state index is 12.6. The van der Waals surface area contributed by atoms with E-state index in [0.29, 0.717) is 37.5 Å². The third kappa shape index (κ3) is 6.25. The van der Waals surface area contributed by atoms with Crippen molar-refractivity contribution in [2.45, 2.75) is 38.3 Å². The minimum absolute atomic E-state index is 0.000732. The minimum Gasteiger partial charge on any atom is -0.369 e. The van der Waals surface area contributed by atoms with Crippen molar-refractivity contribution in [1.82, 2.24) is 14.5 Å². The molecule has 3 heterocycles. The van der Waals surface area contributed by atoms with Crippen LogP contribution in [0.2, 0.25) is 5.02 Å². The summed E-state index contributed by atoms with van der Waals surface area (Å²) in [6, 6.07) is 15.5. The number of halogens is 1. The van der Waals surface area contributed by atoms with Gasteiger partial charge >= 0.3 is 0 Å². The zero-order valence-electron chi connectivity index (χ0n) is 23.3. The molecular formula is C29H37ClN6O3S. The van der Waals surface area contributed by atoms with Gasteiger partial charge < -0.3 is 9.80 Å². The normalized spacial score (nSPS) is 22.5. The van der Waals surface area contributed by atoms with Crippen LogP contribution in [0.5, 0.6) is 0 Å². The second-order valence-corrected chi connectivity index (χ2v) is 13.3. The summed E-state index contributed by atoms with van der Waals surface area (Å²) in [5.41, 5.74) is 4.34. The SMILES string of the molecule is CC(=O)N1CCC2=C(C1)C(CC(CN1CCN(c3ccccc3C)CC1)NS(C)(=O)=O)(c1ccc(Cl)cc1)N=N2. The fourth-order valence-electron chi connectivity index (χ4n) is 6.15. The second-order valence-electron chi connectivity index (χ2n) is 11.0. The van der Waals surface area contributed by atoms with Crippen molar-refractivity contribution in [1.29, 1.82) is 0 Å². The van der Waals surface area contributed by atoms with Gasteiger partial charge in [-0.3, -0.25) is 9.69 Å². The summed E-state index contributed by atoms with van der Waals surface area (Å²) < 4.78 is 28.0. The highest BCUT2D eigenvalue weighted by atomic mass is 35.5. The zero-order chi connectivity index (χ0) is 28.5. The molecule has 0 bridgehead atoms. The average molecular weight is 585 g/mol. The number of rotatable bonds is 8. The van der Waals surface area contributed by atoms with Crippen LogP contribution in [0.1, 0.15) is 30.9 Å². The number of hydrogen-bond acceptors (Lipinski definition) is 7. The summed E-state index contributed by atoms with van der Waals surface area (Å²) in [5.74, 6) is 0.000732. The van der Waals surface area contributed by atoms with E-state index < -0.39 is 21.6 Å². The van der Waals surface area contributed by atoms with Crippen molar-refractivity contribution in [3.8, 4) is 0 Å². The number of sulfonamides is 1. The van der Waals surface area contributed by atoms with E-state index in [4.69, 9.17) is 16.7 Å². The molecule has 3 aliphatic heterocycles. The molecule has 3 aliphatic rings. The first kappa shape index (κ1) is 28.7. The molecule has 1 N–H and O–H groups in total. The standard InChI is InChI=1S/C29H37ClN6O3S/c1-21-6-4-5-7-28(21)35-16-14-34(15-17-35)19-25(32-40(3,38)39)18-29(23-8-10-24(30)11-9-23)26-20-36(22(2)37)13-12-27(26)31-33-29/h4-11,25,32H,12-20H2,1-3H3. The molecule has 0 aromatic heterocycles. The number of para-hydroxylation sites is 1. The lowest BCUT2D eigenvalue weighted by Crippen LogP contribution is -2.53. The summed E-state index contributed by atoms with van der Waals surface area (Å²) in [4.78, 5) is 18.8. The first-order valence-corrected chi connectivity index (χ1v) is 16.0. The van der Waals surface area contributed by atoms with Gasteiger partial charge in [-0.05, 0) is 36.2 Å². The fourth-order valence-corrected chi connectivity index (χ4v) is 7.04. The van der Waals surface area contributed by atoms with Crippen molar-refractivity contribution >= 4 is 33.2 Å². The number of benzene rings is 2. The molecule has 0 saturated carbocycles. The Hall–Kier alpha value is -2.79. The number of carbonyl (C=O) groups is 1. The Morgan fingerprint density at radius 3 is 2.42 bits per heavy atom. The first-order valence-electron chi connectivity index (χ1n) is 13.7. The molecule has 0 spiro atoms. The Balaban J connectivity index is 1.41. The fraction of sp³-hybridized carbons (Fsp3) is 0.483. The minimum atomic E-state index is -3.51. The number of hydrogen-bond donors (Lipinski definition) is 1. The summed E-state index contributed by atoms with van der Waals surface area (Å²) in [7, 11) is -3.51. The molecule has 1 fully saturated rings. The van der Waals surface area contributed by atoms with Gasteiger partial charge in [0.1, 0.15) is 5.54 Å². The molecular weight excluding hydrogens is 548 g/mol. The van der Waals surface area contributed by atoms with Crippen molar-refractivity contribution in [2.75, 3.05) is 57.0 Å². The predicted octanol–water partition coefficient (Wildman–Crippen LogP) is 3.95. The van der Waals surface area contributed by atoms with E-state index in [9.17, 15) is 13.2 Å². The Labute approximate surface area is 241 Å². The summed E-state index contributed by atoms with van der Waals surface area (Å²) in [6.45, 7) is 8.61. The molecule has 0 radical (unpaired) electrons. The summed E-state index contributed by atoms with van der Waals surface area (Å²) >= 11 is 6.23. The number of azo groups is 1. The summed E-state index contributed by atoms with van der Waals surface area (Å²) in [5, 5.41) is 10.0. The van der Waals surface area contributed by atoms with Gasteiger partial charge in [0.05, 0.1) is 12.0 Å². The third-order valence-electron chi connectivity index (χ3n) is 8.15. The Morgan fingerprint density at radius 1 is 1.07 bits per heavy atom. The highest BCUT2D eigenvalue weighted by Crippen LogP contribution is 2.47. The van der Waals surface area contributed by atoms with Gasteiger partial charge in [0.25, 0.3) is 0 Å². The molecule has 2 unspecified atom stereocenters. The first-order chi connectivity index (χ1) is 19.0. The van der Waals surface area contributed by atoms with E-state index in [2.05, 4.69) is 50.8 Å². The Morgan fingerprint density at radius 2 is 1.77 bits per heavy atom. The lowest BCUT2D eigenvalue weighted by Gasteiger charge is -2.40. The van der Waals surface area contributed by atoms with Crippen LogP contribution >= 0.6 is 11.6 Å². The highest BCUT2D eigenvalue weighted by Gasteiger charge is 2.46. The van der Waals surface area contributed by atoms with Crippen molar-refractivity contribution in [2.24, 2.45) is 10.2 Å². The lowest BCUT2D eigenvalue weighted by molar-refractivity contribution is -0.128. The highest BCUT2D eigenvalue weighted by molar-refractivity contribution is 7.88. The van der Waals surface area contributed by atoms with Crippen molar-refractivity contribution in [3.05, 3.63) is 76.0 Å². The zero-order valence-corrected chi connectivity index (χ0v) is 24.9. The number of anilines is 1. The van der Waals surface area contributed by atoms with Gasteiger partial charge in [-0.2, -0.15) is 10.2 Å². The predicted molar refractivity (Wildman–Crippen MR) is 158 cm³/mol. The molecule has 0 aliphatic carbocycles. The van der Waals surface area contributed by atoms with E-state index in [0.717, 1.165) is 43.0 Å². The van der Waals surface area contributed by atoms with E-state index in [1.807, 2.05) is 29.2 Å². The topological polar surface area (TPSA) is 97.7 Å². The van der Waals surface area contributed by atoms with Crippen LogP contribution in [0.25, 0.3) is 0 Å². The van der Waals surface area contributed by atoms with Gasteiger partial charge in [0.15, 0.2) is 0 Å². The number of carbonyl (C=O) groups excluding carboxylic acids is 1. The molecule has 40 heavy (non-hydrogen) atoms. The third-order valence-corrected chi connectivity index (χ3v) is 9.17. The van der Waals surface area contributed by atoms with Crippen molar-refractivity contribution in [3.63, 3.8) is 0 Å². The van der Waals surface area contributed by atoms with Crippen LogP contribution in [0.4, 0.5) is 5.69 Å². The number of aryl methyl sites for hydroxylation is 1. The van der Waals surface area contributed by atoms with Crippen LogP contribution < -0.4 is 9.62 Å². The Bertz CT molecular complexity index is 1420. The van der Waals surface area contributed by atoms with Crippen LogP contribution in [-0.4, -0.2) is 82.2 Å². The number of piperazine rings is 1. The molecule has 9 nitrogen and oxygen atoms in total. The van der Waals surface area contributed by atoms with Crippen LogP contribution in [0.15, 0.2) is 70.0 Å². The van der Waals surface area contributed by atoms with Gasteiger partial charge in [0.2, 0.25) is 15.9 Å². The van der Waals surface area contributed by atoms with Gasteiger partial charge in [-0.15, -0.1) is 0 Å². The van der Waals surface area contributed by atoms with Crippen LogP contribution in [-0.2, 0) is 20.4 Å². The van der Waals surface area contributed by atoms with E-state index in [1.54, 1.807) is 6.92 Å². The lowest BCUT2D eigenvalue weighted by atomic mass is 9.76. The molecule has 2 atom stereocenters. The van der Waals surface area contributed by atoms with Gasteiger partial charge in [0, 0.05) is 87.9 Å². The molecule has 2 aromatic rings. The molecule has 214 valence electrons. The van der Waals surface area contributed by atoms with E-state index in [-0.39, 0.29) is 5.91 Å². The van der Waals surface area contributed by atoms with E-state index >= 15 is 0 Å². The average Bonchev–Trinajstić information content (AvgIpc) is 3.27. The summed E-state index contributed by atoms with van der Waals surface area (Å²) in [6.07, 6.45) is 2.20. The number of nitrogens with zero attached hydrogens (tertiary/aromatic N) is 5. The largest absolute Gasteiger partial charge is 0.369 e. The van der Waals surface area contributed by atoms with E-state index in [1.165, 1.54) is 17.5 Å². The maximum atomic E-state index is 12.6.